The molecular formula is C26H32N8O2. The molecule has 1 aliphatic heterocycles. The summed E-state index contributed by atoms with van der Waals surface area (Å²) >= 11 is 0. The number of aromatic amines is 2. The van der Waals surface area contributed by atoms with Gasteiger partial charge in [0.15, 0.2) is 5.82 Å². The molecule has 0 aromatic carbocycles. The lowest BCUT2D eigenvalue weighted by molar-refractivity contribution is -0.117. The van der Waals surface area contributed by atoms with Crippen LogP contribution in [0.2, 0.25) is 0 Å². The first kappa shape index (κ1) is 22.8. The number of aryl methyl sites for hydroxylation is 1. The first-order chi connectivity index (χ1) is 17.6. The Balaban J connectivity index is 1.23. The van der Waals surface area contributed by atoms with Crippen molar-refractivity contribution in [3.8, 4) is 0 Å². The number of carbonyl (C=O) groups excluding carboxylic acids is 1. The van der Waals surface area contributed by atoms with E-state index in [1.54, 1.807) is 6.07 Å². The quantitative estimate of drug-likeness (QED) is 0.415. The molecule has 0 radical (unpaired) electrons. The Morgan fingerprint density at radius 1 is 1.03 bits per heavy atom. The summed E-state index contributed by atoms with van der Waals surface area (Å²) < 4.78 is 0. The fraction of sp³-hybridized carbons (Fsp3) is 0.500. The van der Waals surface area contributed by atoms with Gasteiger partial charge in [0.2, 0.25) is 17.4 Å². The molecule has 2 fully saturated rings. The summed E-state index contributed by atoms with van der Waals surface area (Å²) in [5.41, 5.74) is 3.76. The van der Waals surface area contributed by atoms with E-state index in [9.17, 15) is 9.59 Å². The van der Waals surface area contributed by atoms with E-state index < -0.39 is 0 Å². The minimum Gasteiger partial charge on any atom is -0.329 e. The predicted octanol–water partition coefficient (Wildman–Crippen LogP) is 3.78. The second-order valence-electron chi connectivity index (χ2n) is 10.1. The molecule has 1 amide bonds. The van der Waals surface area contributed by atoms with Crippen LogP contribution in [0.3, 0.4) is 0 Å². The van der Waals surface area contributed by atoms with Gasteiger partial charge in [-0.15, -0.1) is 0 Å². The monoisotopic (exact) mass is 488 g/mol. The molecule has 6 rings (SSSR count). The predicted molar refractivity (Wildman–Crippen MR) is 138 cm³/mol. The standard InChI is InChI=1S/C26H32N8O2/c35-23-12-11-17(15-27-23)28-25(36)21-10-5-13-34(21)26-29-19-9-4-8-18(19)24(31-26)30-22-14-20(32-33-22)16-6-2-1-3-7-16/h11-12,14-16,21H,1-10,13H2,(H,27,35)(H,28,36)(H2,29,30,31,32,33)/t21-/m1/s1. The summed E-state index contributed by atoms with van der Waals surface area (Å²) in [6.45, 7) is 0.718. The van der Waals surface area contributed by atoms with Crippen LogP contribution in [-0.4, -0.2) is 43.6 Å². The summed E-state index contributed by atoms with van der Waals surface area (Å²) in [7, 11) is 0. The zero-order valence-corrected chi connectivity index (χ0v) is 20.3. The highest BCUT2D eigenvalue weighted by molar-refractivity contribution is 5.96. The van der Waals surface area contributed by atoms with E-state index >= 15 is 0 Å². The minimum atomic E-state index is -0.368. The lowest BCUT2D eigenvalue weighted by atomic mass is 9.87. The molecule has 188 valence electrons. The number of H-pyrrole nitrogens is 2. The number of hydrogen-bond donors (Lipinski definition) is 4. The number of nitrogens with one attached hydrogen (secondary N) is 4. The van der Waals surface area contributed by atoms with Crippen molar-refractivity contribution in [3.63, 3.8) is 0 Å². The van der Waals surface area contributed by atoms with Crippen LogP contribution in [0.15, 0.2) is 29.2 Å². The molecule has 3 aromatic rings. The topological polar surface area (TPSA) is 132 Å². The summed E-state index contributed by atoms with van der Waals surface area (Å²) in [5, 5.41) is 14.2. The maximum atomic E-state index is 13.1. The first-order valence-corrected chi connectivity index (χ1v) is 13.1. The number of nitrogens with zero attached hydrogens (tertiary/aromatic N) is 4. The van der Waals surface area contributed by atoms with Crippen molar-refractivity contribution >= 4 is 29.2 Å². The maximum Gasteiger partial charge on any atom is 0.248 e. The van der Waals surface area contributed by atoms with Gasteiger partial charge in [0.25, 0.3) is 0 Å². The van der Waals surface area contributed by atoms with Crippen molar-refractivity contribution in [1.82, 2.24) is 25.1 Å². The highest BCUT2D eigenvalue weighted by Gasteiger charge is 2.34. The number of carbonyl (C=O) groups is 1. The van der Waals surface area contributed by atoms with Gasteiger partial charge in [0.05, 0.1) is 11.4 Å². The molecule has 36 heavy (non-hydrogen) atoms. The van der Waals surface area contributed by atoms with E-state index in [0.717, 1.165) is 61.5 Å². The van der Waals surface area contributed by atoms with Crippen LogP contribution >= 0.6 is 0 Å². The van der Waals surface area contributed by atoms with Gasteiger partial charge in [-0.3, -0.25) is 14.7 Å². The summed E-state index contributed by atoms with van der Waals surface area (Å²) in [4.78, 5) is 38.9. The van der Waals surface area contributed by atoms with Gasteiger partial charge in [-0.25, -0.2) is 4.98 Å². The van der Waals surface area contributed by atoms with Crippen LogP contribution in [0.1, 0.15) is 74.2 Å². The molecule has 1 saturated heterocycles. The molecule has 1 saturated carbocycles. The largest absolute Gasteiger partial charge is 0.329 e. The van der Waals surface area contributed by atoms with Crippen LogP contribution < -0.4 is 21.1 Å². The third-order valence-electron chi connectivity index (χ3n) is 7.67. The number of fused-ring (bicyclic) bond motifs is 1. The lowest BCUT2D eigenvalue weighted by Crippen LogP contribution is -2.40. The van der Waals surface area contributed by atoms with Crippen LogP contribution in [0.4, 0.5) is 23.3 Å². The Labute approximate surface area is 209 Å². The molecule has 3 aromatic heterocycles. The molecule has 0 unspecified atom stereocenters. The van der Waals surface area contributed by atoms with Gasteiger partial charge in [-0.05, 0) is 51.0 Å². The lowest BCUT2D eigenvalue weighted by Gasteiger charge is -2.25. The van der Waals surface area contributed by atoms with Gasteiger partial charge < -0.3 is 20.5 Å². The number of pyridine rings is 1. The highest BCUT2D eigenvalue weighted by atomic mass is 16.2. The van der Waals surface area contributed by atoms with Gasteiger partial charge in [-0.1, -0.05) is 19.3 Å². The van der Waals surface area contributed by atoms with Crippen LogP contribution in [0.25, 0.3) is 0 Å². The highest BCUT2D eigenvalue weighted by Crippen LogP contribution is 2.35. The molecule has 3 aliphatic rings. The van der Waals surface area contributed by atoms with E-state index in [1.807, 2.05) is 4.90 Å². The Morgan fingerprint density at radius 3 is 2.75 bits per heavy atom. The van der Waals surface area contributed by atoms with Crippen molar-refractivity contribution in [1.29, 1.82) is 0 Å². The Bertz CT molecular complexity index is 1290. The Hall–Kier alpha value is -3.69. The van der Waals surface area contributed by atoms with E-state index in [4.69, 9.17) is 9.97 Å². The average Bonchev–Trinajstić information content (AvgIpc) is 3.66. The van der Waals surface area contributed by atoms with E-state index in [-0.39, 0.29) is 17.5 Å². The molecule has 4 N–H and O–H groups in total. The molecule has 10 heteroatoms. The Morgan fingerprint density at radius 2 is 1.92 bits per heavy atom. The van der Waals surface area contributed by atoms with Crippen molar-refractivity contribution in [3.05, 3.63) is 51.7 Å². The molecule has 10 nitrogen and oxygen atoms in total. The van der Waals surface area contributed by atoms with E-state index in [1.165, 1.54) is 50.1 Å². The zero-order valence-electron chi connectivity index (χ0n) is 20.3. The minimum absolute atomic E-state index is 0.123. The second kappa shape index (κ2) is 9.75. The van der Waals surface area contributed by atoms with Gasteiger partial charge in [0.1, 0.15) is 11.9 Å². The van der Waals surface area contributed by atoms with Crippen molar-refractivity contribution < 1.29 is 4.79 Å². The molecule has 1 atom stereocenters. The number of hydrogen-bond acceptors (Lipinski definition) is 7. The van der Waals surface area contributed by atoms with Crippen molar-refractivity contribution in [2.45, 2.75) is 76.2 Å². The third kappa shape index (κ3) is 4.59. The molecule has 0 bridgehead atoms. The zero-order chi connectivity index (χ0) is 24.5. The maximum absolute atomic E-state index is 13.1. The molecule has 0 spiro atoms. The molecule has 4 heterocycles. The number of rotatable bonds is 6. The summed E-state index contributed by atoms with van der Waals surface area (Å²) in [6, 6.07) is 4.76. The van der Waals surface area contributed by atoms with Gasteiger partial charge >= 0.3 is 0 Å². The summed E-state index contributed by atoms with van der Waals surface area (Å²) in [6.07, 6.45) is 12.3. The Kier molecular flexibility index (Phi) is 6.16. The van der Waals surface area contributed by atoms with Crippen LogP contribution in [0, 0.1) is 0 Å². The fourth-order valence-corrected chi connectivity index (χ4v) is 5.79. The first-order valence-electron chi connectivity index (χ1n) is 13.1. The number of amides is 1. The normalized spacial score (nSPS) is 19.9. The second-order valence-corrected chi connectivity index (χ2v) is 10.1. The molecule has 2 aliphatic carbocycles. The summed E-state index contributed by atoms with van der Waals surface area (Å²) in [5.74, 6) is 2.59. The third-order valence-corrected chi connectivity index (χ3v) is 7.67. The fourth-order valence-electron chi connectivity index (χ4n) is 5.79. The number of aromatic nitrogens is 5. The average molecular weight is 489 g/mol. The number of anilines is 4. The van der Waals surface area contributed by atoms with Crippen molar-refractivity contribution in [2.75, 3.05) is 22.1 Å². The van der Waals surface area contributed by atoms with Gasteiger partial charge in [-0.2, -0.15) is 10.1 Å². The smallest absolute Gasteiger partial charge is 0.248 e. The SMILES string of the molecule is O=C(Nc1ccc(=O)[nH]c1)[C@H]1CCCN1c1nc2c(c(Nc3cc(C4CCCCC4)[nH]n3)n1)CCC2. The van der Waals surface area contributed by atoms with Crippen LogP contribution in [-0.2, 0) is 17.6 Å². The van der Waals surface area contributed by atoms with Crippen molar-refractivity contribution in [2.24, 2.45) is 0 Å². The van der Waals surface area contributed by atoms with Crippen LogP contribution in [0.5, 0.6) is 0 Å². The molecular weight excluding hydrogens is 456 g/mol. The van der Waals surface area contributed by atoms with E-state index in [0.29, 0.717) is 17.6 Å². The van der Waals surface area contributed by atoms with E-state index in [2.05, 4.69) is 31.9 Å². The van der Waals surface area contributed by atoms with Gasteiger partial charge in [0, 0.05) is 42.0 Å².